The van der Waals surface area contributed by atoms with Gasteiger partial charge in [0.15, 0.2) is 5.01 Å². The summed E-state index contributed by atoms with van der Waals surface area (Å²) in [7, 11) is 0. The number of amides is 1. The van der Waals surface area contributed by atoms with Gasteiger partial charge in [0.2, 0.25) is 0 Å². The zero-order valence-electron chi connectivity index (χ0n) is 13.7. The SMILES string of the molecule is Cc1cc(C)n(C2CCN(C(=O)c3nc4c(s3)CCCC4)C2)n1. The van der Waals surface area contributed by atoms with Crippen molar-refractivity contribution in [3.05, 3.63) is 33.0 Å². The molecule has 0 aromatic carbocycles. The molecule has 122 valence electrons. The van der Waals surface area contributed by atoms with Gasteiger partial charge in [-0.25, -0.2) is 4.98 Å². The zero-order valence-corrected chi connectivity index (χ0v) is 14.5. The van der Waals surface area contributed by atoms with E-state index in [1.54, 1.807) is 11.3 Å². The number of aromatic nitrogens is 3. The number of nitrogens with zero attached hydrogens (tertiary/aromatic N) is 4. The van der Waals surface area contributed by atoms with E-state index < -0.39 is 0 Å². The van der Waals surface area contributed by atoms with Gasteiger partial charge in [0.05, 0.1) is 17.4 Å². The van der Waals surface area contributed by atoms with E-state index in [-0.39, 0.29) is 5.91 Å². The molecule has 0 radical (unpaired) electrons. The van der Waals surface area contributed by atoms with Crippen LogP contribution < -0.4 is 0 Å². The molecule has 0 bridgehead atoms. The zero-order chi connectivity index (χ0) is 16.0. The van der Waals surface area contributed by atoms with Crippen molar-refractivity contribution in [1.82, 2.24) is 19.7 Å². The number of hydrogen-bond acceptors (Lipinski definition) is 4. The molecule has 1 saturated heterocycles. The summed E-state index contributed by atoms with van der Waals surface area (Å²) in [5, 5.41) is 5.26. The fourth-order valence-corrected chi connectivity index (χ4v) is 4.84. The second kappa shape index (κ2) is 5.74. The number of fused-ring (bicyclic) bond motifs is 1. The van der Waals surface area contributed by atoms with Gasteiger partial charge in [-0.2, -0.15) is 5.10 Å². The number of carbonyl (C=O) groups is 1. The Morgan fingerprint density at radius 3 is 2.87 bits per heavy atom. The fraction of sp³-hybridized carbons (Fsp3) is 0.588. The van der Waals surface area contributed by atoms with Gasteiger partial charge < -0.3 is 4.90 Å². The van der Waals surface area contributed by atoms with Crippen LogP contribution in [0.15, 0.2) is 6.07 Å². The Balaban J connectivity index is 1.50. The number of likely N-dealkylation sites (tertiary alicyclic amines) is 1. The second-order valence-electron chi connectivity index (χ2n) is 6.66. The lowest BCUT2D eigenvalue weighted by Gasteiger charge is -2.16. The molecule has 4 rings (SSSR count). The van der Waals surface area contributed by atoms with Crippen molar-refractivity contribution in [3.8, 4) is 0 Å². The van der Waals surface area contributed by atoms with Crippen LogP contribution in [0.5, 0.6) is 0 Å². The lowest BCUT2D eigenvalue weighted by Crippen LogP contribution is -2.29. The maximum Gasteiger partial charge on any atom is 0.282 e. The van der Waals surface area contributed by atoms with Crippen LogP contribution in [-0.2, 0) is 12.8 Å². The number of rotatable bonds is 2. The summed E-state index contributed by atoms with van der Waals surface area (Å²) in [4.78, 5) is 20.7. The Hall–Kier alpha value is -1.69. The summed E-state index contributed by atoms with van der Waals surface area (Å²) in [5.41, 5.74) is 3.38. The molecular formula is C17H22N4OS. The van der Waals surface area contributed by atoms with Crippen molar-refractivity contribution >= 4 is 17.2 Å². The first-order chi connectivity index (χ1) is 11.1. The van der Waals surface area contributed by atoms with Crippen molar-refractivity contribution in [2.45, 2.75) is 52.0 Å². The Morgan fingerprint density at radius 1 is 1.30 bits per heavy atom. The van der Waals surface area contributed by atoms with Gasteiger partial charge in [0.1, 0.15) is 0 Å². The topological polar surface area (TPSA) is 51.0 Å². The van der Waals surface area contributed by atoms with Gasteiger partial charge >= 0.3 is 0 Å². The highest BCUT2D eigenvalue weighted by Crippen LogP contribution is 2.29. The maximum atomic E-state index is 12.8. The monoisotopic (exact) mass is 330 g/mol. The Morgan fingerprint density at radius 2 is 2.13 bits per heavy atom. The van der Waals surface area contributed by atoms with Crippen LogP contribution in [0.1, 0.15) is 57.1 Å². The van der Waals surface area contributed by atoms with Crippen LogP contribution in [0.4, 0.5) is 0 Å². The van der Waals surface area contributed by atoms with Crippen LogP contribution in [0.3, 0.4) is 0 Å². The molecule has 0 saturated carbocycles. The van der Waals surface area contributed by atoms with E-state index in [1.165, 1.54) is 29.1 Å². The normalized spacial score (nSPS) is 20.8. The van der Waals surface area contributed by atoms with E-state index in [4.69, 9.17) is 0 Å². The van der Waals surface area contributed by atoms with E-state index in [0.29, 0.717) is 11.0 Å². The summed E-state index contributed by atoms with van der Waals surface area (Å²) in [6.07, 6.45) is 5.53. The third-order valence-electron chi connectivity index (χ3n) is 4.87. The van der Waals surface area contributed by atoms with Crippen molar-refractivity contribution < 1.29 is 4.79 Å². The molecule has 2 aliphatic rings. The van der Waals surface area contributed by atoms with Gasteiger partial charge in [0, 0.05) is 23.7 Å². The van der Waals surface area contributed by atoms with Crippen molar-refractivity contribution in [3.63, 3.8) is 0 Å². The minimum Gasteiger partial charge on any atom is -0.334 e. The Labute approximate surface area is 140 Å². The molecule has 2 aromatic rings. The average molecular weight is 330 g/mol. The molecule has 23 heavy (non-hydrogen) atoms. The largest absolute Gasteiger partial charge is 0.334 e. The number of hydrogen-bond donors (Lipinski definition) is 0. The van der Waals surface area contributed by atoms with E-state index in [1.807, 2.05) is 11.8 Å². The van der Waals surface area contributed by atoms with E-state index >= 15 is 0 Å². The molecule has 2 aromatic heterocycles. The van der Waals surface area contributed by atoms with Crippen molar-refractivity contribution in [2.24, 2.45) is 0 Å². The highest BCUT2D eigenvalue weighted by atomic mass is 32.1. The molecule has 1 aliphatic heterocycles. The Kier molecular flexibility index (Phi) is 3.71. The van der Waals surface area contributed by atoms with Crippen LogP contribution in [0.2, 0.25) is 0 Å². The molecule has 5 nitrogen and oxygen atoms in total. The van der Waals surface area contributed by atoms with E-state index in [0.717, 1.165) is 38.0 Å². The molecule has 0 spiro atoms. The molecular weight excluding hydrogens is 308 g/mol. The van der Waals surface area contributed by atoms with E-state index in [9.17, 15) is 4.79 Å². The molecule has 0 N–H and O–H groups in total. The summed E-state index contributed by atoms with van der Waals surface area (Å²) in [6, 6.07) is 2.39. The molecule has 1 amide bonds. The standard InChI is InChI=1S/C17H22N4OS/c1-11-9-12(2)21(19-11)13-7-8-20(10-13)17(22)16-18-14-5-3-4-6-15(14)23-16/h9,13H,3-8,10H2,1-2H3. The molecule has 1 aliphatic carbocycles. The number of thiazole rings is 1. The predicted molar refractivity (Wildman–Crippen MR) is 90.0 cm³/mol. The lowest BCUT2D eigenvalue weighted by atomic mass is 10.0. The maximum absolute atomic E-state index is 12.8. The quantitative estimate of drug-likeness (QED) is 0.851. The average Bonchev–Trinajstić information content (AvgIpc) is 3.24. The summed E-state index contributed by atoms with van der Waals surface area (Å²) in [5.74, 6) is 0.105. The van der Waals surface area contributed by atoms with Crippen LogP contribution >= 0.6 is 11.3 Å². The van der Waals surface area contributed by atoms with Gasteiger partial charge in [-0.3, -0.25) is 9.48 Å². The molecule has 6 heteroatoms. The molecule has 3 heterocycles. The van der Waals surface area contributed by atoms with Gasteiger partial charge in [0.25, 0.3) is 5.91 Å². The van der Waals surface area contributed by atoms with Crippen molar-refractivity contribution in [1.29, 1.82) is 0 Å². The van der Waals surface area contributed by atoms with Gasteiger partial charge in [-0.1, -0.05) is 0 Å². The first-order valence-electron chi connectivity index (χ1n) is 8.42. The molecule has 1 atom stereocenters. The first-order valence-corrected chi connectivity index (χ1v) is 9.24. The lowest BCUT2D eigenvalue weighted by molar-refractivity contribution is 0.0786. The third-order valence-corrected chi connectivity index (χ3v) is 6.02. The highest BCUT2D eigenvalue weighted by molar-refractivity contribution is 7.13. The van der Waals surface area contributed by atoms with Crippen LogP contribution in [0.25, 0.3) is 0 Å². The number of aryl methyl sites for hydroxylation is 4. The minimum atomic E-state index is 0.105. The predicted octanol–water partition coefficient (Wildman–Crippen LogP) is 2.92. The fourth-order valence-electron chi connectivity index (χ4n) is 3.72. The van der Waals surface area contributed by atoms with Crippen molar-refractivity contribution in [2.75, 3.05) is 13.1 Å². The van der Waals surface area contributed by atoms with Crippen LogP contribution in [-0.4, -0.2) is 38.7 Å². The van der Waals surface area contributed by atoms with Gasteiger partial charge in [-0.15, -0.1) is 11.3 Å². The summed E-state index contributed by atoms with van der Waals surface area (Å²) < 4.78 is 2.08. The Bertz CT molecular complexity index is 724. The molecule has 1 unspecified atom stereocenters. The van der Waals surface area contributed by atoms with Gasteiger partial charge in [-0.05, 0) is 52.0 Å². The summed E-state index contributed by atoms with van der Waals surface area (Å²) >= 11 is 1.61. The van der Waals surface area contributed by atoms with Crippen LogP contribution in [0, 0.1) is 13.8 Å². The second-order valence-corrected chi connectivity index (χ2v) is 7.74. The molecule has 1 fully saturated rings. The third kappa shape index (κ3) is 2.69. The van der Waals surface area contributed by atoms with E-state index in [2.05, 4.69) is 27.8 Å². The first kappa shape index (κ1) is 14.9. The smallest absolute Gasteiger partial charge is 0.282 e. The number of carbonyl (C=O) groups excluding carboxylic acids is 1. The highest BCUT2D eigenvalue weighted by Gasteiger charge is 2.31. The minimum absolute atomic E-state index is 0.105. The summed E-state index contributed by atoms with van der Waals surface area (Å²) in [6.45, 7) is 5.64.